The van der Waals surface area contributed by atoms with Crippen molar-refractivity contribution in [3.63, 3.8) is 0 Å². The van der Waals surface area contributed by atoms with Gasteiger partial charge >= 0.3 is 0 Å². The average molecular weight is 312 g/mol. The fraction of sp³-hybridized carbons (Fsp3) is 0.500. The lowest BCUT2D eigenvalue weighted by molar-refractivity contribution is 0.0944. The van der Waals surface area contributed by atoms with Crippen LogP contribution in [-0.2, 0) is 4.74 Å². The number of carbonyl (C=O) groups excluding carboxylic acids is 1. The van der Waals surface area contributed by atoms with Crippen LogP contribution in [0.5, 0.6) is 0 Å². The number of likely N-dealkylation sites (tertiary alicyclic amines) is 1. The van der Waals surface area contributed by atoms with Gasteiger partial charge in [-0.15, -0.1) is 0 Å². The highest BCUT2D eigenvalue weighted by atomic mass is 79.9. The maximum atomic E-state index is 12.0. The van der Waals surface area contributed by atoms with E-state index in [4.69, 9.17) is 4.74 Å². The Hall–Kier alpha value is -0.710. The maximum Gasteiger partial charge on any atom is 0.164 e. The summed E-state index contributed by atoms with van der Waals surface area (Å²) in [6, 6.07) is 7.55. The molecular weight excluding hydrogens is 294 g/mol. The van der Waals surface area contributed by atoms with Crippen LogP contribution in [0.1, 0.15) is 23.2 Å². The molecule has 3 nitrogen and oxygen atoms in total. The Kier molecular flexibility index (Phi) is 4.92. The van der Waals surface area contributed by atoms with E-state index in [0.29, 0.717) is 12.5 Å². The fourth-order valence-corrected chi connectivity index (χ4v) is 2.50. The quantitative estimate of drug-likeness (QED) is 0.783. The summed E-state index contributed by atoms with van der Waals surface area (Å²) in [7, 11) is 1.75. The number of hydrogen-bond acceptors (Lipinski definition) is 3. The van der Waals surface area contributed by atoms with Crippen molar-refractivity contribution in [2.45, 2.75) is 18.9 Å². The van der Waals surface area contributed by atoms with Gasteiger partial charge in [0.15, 0.2) is 5.78 Å². The van der Waals surface area contributed by atoms with E-state index in [-0.39, 0.29) is 5.78 Å². The molecule has 1 heterocycles. The first kappa shape index (κ1) is 13.7. The molecule has 2 rings (SSSR count). The molecule has 1 unspecified atom stereocenters. The summed E-state index contributed by atoms with van der Waals surface area (Å²) in [4.78, 5) is 14.3. The Morgan fingerprint density at radius 1 is 1.44 bits per heavy atom. The topological polar surface area (TPSA) is 29.5 Å². The van der Waals surface area contributed by atoms with Gasteiger partial charge in [0.25, 0.3) is 0 Å². The Morgan fingerprint density at radius 3 is 2.78 bits per heavy atom. The predicted molar refractivity (Wildman–Crippen MR) is 74.9 cm³/mol. The van der Waals surface area contributed by atoms with Crippen LogP contribution in [0.2, 0.25) is 0 Å². The van der Waals surface area contributed by atoms with Gasteiger partial charge in [0, 0.05) is 43.2 Å². The smallest absolute Gasteiger partial charge is 0.164 e. The van der Waals surface area contributed by atoms with Gasteiger partial charge < -0.3 is 9.64 Å². The van der Waals surface area contributed by atoms with E-state index in [1.54, 1.807) is 7.11 Å². The molecule has 1 aliphatic rings. The molecule has 0 N–H and O–H groups in total. The molecule has 1 saturated heterocycles. The van der Waals surface area contributed by atoms with E-state index in [1.807, 2.05) is 24.3 Å². The molecule has 0 radical (unpaired) electrons. The highest BCUT2D eigenvalue weighted by Gasteiger charge is 2.22. The third-order valence-electron chi connectivity index (χ3n) is 3.38. The van der Waals surface area contributed by atoms with E-state index in [0.717, 1.165) is 36.1 Å². The number of halogens is 1. The van der Waals surface area contributed by atoms with E-state index in [2.05, 4.69) is 20.8 Å². The molecule has 1 aromatic rings. The molecule has 1 aromatic carbocycles. The third-order valence-corrected chi connectivity index (χ3v) is 3.91. The molecule has 0 amide bonds. The van der Waals surface area contributed by atoms with Crippen LogP contribution in [-0.4, -0.2) is 43.5 Å². The Bertz CT molecular complexity index is 405. The number of Topliss-reactive ketones (excluding diaryl/α,β-unsaturated/α-hetero) is 1. The summed E-state index contributed by atoms with van der Waals surface area (Å²) in [5.74, 6) is 0.211. The fourth-order valence-electron chi connectivity index (χ4n) is 2.23. The van der Waals surface area contributed by atoms with Crippen molar-refractivity contribution in [1.82, 2.24) is 4.90 Å². The number of benzene rings is 1. The van der Waals surface area contributed by atoms with E-state index in [1.165, 1.54) is 0 Å². The second-order valence-corrected chi connectivity index (χ2v) is 5.54. The summed E-state index contributed by atoms with van der Waals surface area (Å²) in [5.41, 5.74) is 0.792. The zero-order valence-corrected chi connectivity index (χ0v) is 12.1. The molecule has 0 bridgehead atoms. The van der Waals surface area contributed by atoms with Gasteiger partial charge in [0.1, 0.15) is 0 Å². The first-order valence-corrected chi connectivity index (χ1v) is 7.02. The lowest BCUT2D eigenvalue weighted by Gasteiger charge is -2.14. The van der Waals surface area contributed by atoms with Crippen LogP contribution in [0.4, 0.5) is 0 Å². The number of methoxy groups -OCH3 is 1. The number of hydrogen-bond donors (Lipinski definition) is 0. The number of carbonyl (C=O) groups is 1. The standard InChI is InChI=1S/C14H18BrNO2/c1-18-13-6-8-16(10-13)9-7-14(17)11-2-4-12(15)5-3-11/h2-5,13H,6-10H2,1H3. The molecule has 1 atom stereocenters. The highest BCUT2D eigenvalue weighted by Crippen LogP contribution is 2.14. The highest BCUT2D eigenvalue weighted by molar-refractivity contribution is 9.10. The van der Waals surface area contributed by atoms with Crippen LogP contribution in [0.15, 0.2) is 28.7 Å². The van der Waals surface area contributed by atoms with E-state index in [9.17, 15) is 4.79 Å². The minimum absolute atomic E-state index is 0.211. The number of nitrogens with zero attached hydrogens (tertiary/aromatic N) is 1. The Morgan fingerprint density at radius 2 is 2.17 bits per heavy atom. The molecule has 4 heteroatoms. The zero-order valence-electron chi connectivity index (χ0n) is 10.6. The molecule has 98 valence electrons. The van der Waals surface area contributed by atoms with Crippen molar-refractivity contribution in [3.8, 4) is 0 Å². The SMILES string of the molecule is COC1CCN(CCC(=O)c2ccc(Br)cc2)C1. The van der Waals surface area contributed by atoms with Crippen molar-refractivity contribution >= 4 is 21.7 Å². The normalized spacial score (nSPS) is 20.2. The average Bonchev–Trinajstić information content (AvgIpc) is 2.85. The molecule has 0 aromatic heterocycles. The molecule has 0 spiro atoms. The first-order valence-electron chi connectivity index (χ1n) is 6.23. The zero-order chi connectivity index (χ0) is 13.0. The molecule has 0 aliphatic carbocycles. The monoisotopic (exact) mass is 311 g/mol. The van der Waals surface area contributed by atoms with Crippen molar-refractivity contribution in [1.29, 1.82) is 0 Å². The van der Waals surface area contributed by atoms with Crippen molar-refractivity contribution in [3.05, 3.63) is 34.3 Å². The lowest BCUT2D eigenvalue weighted by atomic mass is 10.1. The van der Waals surface area contributed by atoms with Gasteiger partial charge in [-0.1, -0.05) is 28.1 Å². The van der Waals surface area contributed by atoms with Gasteiger partial charge in [-0.2, -0.15) is 0 Å². The van der Waals surface area contributed by atoms with E-state index < -0.39 is 0 Å². The predicted octanol–water partition coefficient (Wildman–Crippen LogP) is 2.74. The van der Waals surface area contributed by atoms with Crippen LogP contribution >= 0.6 is 15.9 Å². The van der Waals surface area contributed by atoms with Gasteiger partial charge in [-0.05, 0) is 18.6 Å². The molecule has 18 heavy (non-hydrogen) atoms. The van der Waals surface area contributed by atoms with Crippen LogP contribution in [0, 0.1) is 0 Å². The van der Waals surface area contributed by atoms with Gasteiger partial charge in [-0.25, -0.2) is 0 Å². The summed E-state index contributed by atoms with van der Waals surface area (Å²) < 4.78 is 6.32. The third kappa shape index (κ3) is 3.64. The maximum absolute atomic E-state index is 12.0. The van der Waals surface area contributed by atoms with Crippen molar-refractivity contribution in [2.24, 2.45) is 0 Å². The van der Waals surface area contributed by atoms with Crippen molar-refractivity contribution < 1.29 is 9.53 Å². The minimum atomic E-state index is 0.211. The summed E-state index contributed by atoms with van der Waals surface area (Å²) in [6.45, 7) is 2.81. The number of ketones is 1. The molecule has 0 saturated carbocycles. The summed E-state index contributed by atoms with van der Waals surface area (Å²) in [6.07, 6.45) is 1.99. The molecular formula is C14H18BrNO2. The largest absolute Gasteiger partial charge is 0.380 e. The summed E-state index contributed by atoms with van der Waals surface area (Å²) in [5, 5.41) is 0. The van der Waals surface area contributed by atoms with Gasteiger partial charge in [0.05, 0.1) is 6.10 Å². The first-order chi connectivity index (χ1) is 8.69. The van der Waals surface area contributed by atoms with Gasteiger partial charge in [-0.3, -0.25) is 4.79 Å². The molecule has 1 aliphatic heterocycles. The van der Waals surface area contributed by atoms with Crippen LogP contribution in [0.3, 0.4) is 0 Å². The molecule has 1 fully saturated rings. The van der Waals surface area contributed by atoms with Crippen LogP contribution < -0.4 is 0 Å². The Labute approximate surface area is 116 Å². The Balaban J connectivity index is 1.80. The summed E-state index contributed by atoms with van der Waals surface area (Å²) >= 11 is 3.37. The number of ether oxygens (including phenoxy) is 1. The van der Waals surface area contributed by atoms with Gasteiger partial charge in [0.2, 0.25) is 0 Å². The lowest BCUT2D eigenvalue weighted by Crippen LogP contribution is -2.25. The van der Waals surface area contributed by atoms with Crippen molar-refractivity contribution in [2.75, 3.05) is 26.7 Å². The second-order valence-electron chi connectivity index (χ2n) is 4.63. The van der Waals surface area contributed by atoms with E-state index >= 15 is 0 Å². The minimum Gasteiger partial charge on any atom is -0.380 e. The number of rotatable bonds is 5. The second kappa shape index (κ2) is 6.45. The van der Waals surface area contributed by atoms with Crippen LogP contribution in [0.25, 0.3) is 0 Å².